The highest BCUT2D eigenvalue weighted by Gasteiger charge is 2.38. The number of aryl methyl sites for hydroxylation is 1. The summed E-state index contributed by atoms with van der Waals surface area (Å²) in [6.45, 7) is 8.60. The lowest BCUT2D eigenvalue weighted by atomic mass is 10.0. The number of esters is 2. The van der Waals surface area contributed by atoms with E-state index in [1.54, 1.807) is 18.2 Å². The molecular formula is C23H36N2O9. The van der Waals surface area contributed by atoms with Crippen molar-refractivity contribution in [3.63, 3.8) is 0 Å². The standard InChI is InChI=1S/C21H30N2O9.C2H6/c1-13-4-5-16(17(10-13)29-9-8-28-7-6-22)23-21(26)32-19-12-15(30-14(2)24)11-18(31-19)20(25)27-3;1-2/h4-5,10,15,18-19H,6-9,11-12,22H2,1-3H3,(H,23,26);1-2H3/t15-,18?,19?;/m0./s1. The van der Waals surface area contributed by atoms with Crippen molar-refractivity contribution in [1.29, 1.82) is 0 Å². The zero-order chi connectivity index (χ0) is 25.5. The Kier molecular flexibility index (Phi) is 13.6. The predicted molar refractivity (Wildman–Crippen MR) is 123 cm³/mol. The molecule has 0 bridgehead atoms. The maximum atomic E-state index is 12.5. The molecule has 1 aliphatic heterocycles. The number of carbonyl (C=O) groups excluding carboxylic acids is 3. The Hall–Kier alpha value is -2.89. The van der Waals surface area contributed by atoms with E-state index in [0.29, 0.717) is 31.2 Å². The lowest BCUT2D eigenvalue weighted by Crippen LogP contribution is -2.44. The van der Waals surface area contributed by atoms with Gasteiger partial charge in [-0.25, -0.2) is 9.59 Å². The summed E-state index contributed by atoms with van der Waals surface area (Å²) in [6.07, 6.45) is -3.43. The summed E-state index contributed by atoms with van der Waals surface area (Å²) in [6, 6.07) is 5.24. The number of benzene rings is 1. The molecule has 3 N–H and O–H groups in total. The van der Waals surface area contributed by atoms with Crippen LogP contribution in [0.2, 0.25) is 0 Å². The van der Waals surface area contributed by atoms with Gasteiger partial charge in [-0.1, -0.05) is 19.9 Å². The van der Waals surface area contributed by atoms with Gasteiger partial charge in [0.1, 0.15) is 18.5 Å². The summed E-state index contributed by atoms with van der Waals surface area (Å²) < 4.78 is 31.6. The number of methoxy groups -OCH3 is 1. The fraction of sp³-hybridized carbons (Fsp3) is 0.609. The van der Waals surface area contributed by atoms with Crippen LogP contribution in [0.1, 0.15) is 39.2 Å². The Morgan fingerprint density at radius 2 is 1.85 bits per heavy atom. The molecule has 0 radical (unpaired) electrons. The van der Waals surface area contributed by atoms with Crippen LogP contribution in [-0.4, -0.2) is 70.0 Å². The lowest BCUT2D eigenvalue weighted by Gasteiger charge is -2.32. The van der Waals surface area contributed by atoms with Crippen molar-refractivity contribution in [2.24, 2.45) is 5.73 Å². The maximum Gasteiger partial charge on any atom is 0.414 e. The number of hydrogen-bond donors (Lipinski definition) is 2. The molecule has 1 amide bonds. The Balaban J connectivity index is 0.00000281. The lowest BCUT2D eigenvalue weighted by molar-refractivity contribution is -0.210. The molecule has 0 saturated carbocycles. The van der Waals surface area contributed by atoms with E-state index in [1.165, 1.54) is 14.0 Å². The van der Waals surface area contributed by atoms with Gasteiger partial charge in [-0.05, 0) is 24.6 Å². The average Bonchev–Trinajstić information content (AvgIpc) is 2.80. The smallest absolute Gasteiger partial charge is 0.414 e. The molecule has 11 heteroatoms. The van der Waals surface area contributed by atoms with E-state index in [2.05, 4.69) is 10.1 Å². The van der Waals surface area contributed by atoms with Gasteiger partial charge < -0.3 is 34.2 Å². The van der Waals surface area contributed by atoms with Crippen molar-refractivity contribution in [3.05, 3.63) is 23.8 Å². The summed E-state index contributed by atoms with van der Waals surface area (Å²) in [7, 11) is 1.21. The number of anilines is 1. The molecule has 2 rings (SSSR count). The fourth-order valence-electron chi connectivity index (χ4n) is 3.04. The van der Waals surface area contributed by atoms with E-state index in [0.717, 1.165) is 5.56 Å². The molecule has 1 fully saturated rings. The minimum atomic E-state index is -1.11. The Bertz CT molecular complexity index is 788. The van der Waals surface area contributed by atoms with E-state index in [-0.39, 0.29) is 19.4 Å². The summed E-state index contributed by atoms with van der Waals surface area (Å²) in [5.41, 5.74) is 6.69. The number of nitrogens with two attached hydrogens (primary N) is 1. The molecule has 192 valence electrons. The van der Waals surface area contributed by atoms with E-state index < -0.39 is 36.5 Å². The maximum absolute atomic E-state index is 12.5. The van der Waals surface area contributed by atoms with E-state index in [1.807, 2.05) is 20.8 Å². The van der Waals surface area contributed by atoms with Crippen LogP contribution in [0.3, 0.4) is 0 Å². The quantitative estimate of drug-likeness (QED) is 0.289. The first-order valence-electron chi connectivity index (χ1n) is 11.2. The van der Waals surface area contributed by atoms with Gasteiger partial charge in [0.15, 0.2) is 6.10 Å². The molecular weight excluding hydrogens is 448 g/mol. The Labute approximate surface area is 200 Å². The Morgan fingerprint density at radius 1 is 1.12 bits per heavy atom. The minimum absolute atomic E-state index is 0.0796. The molecule has 1 saturated heterocycles. The van der Waals surface area contributed by atoms with Gasteiger partial charge in [0.25, 0.3) is 0 Å². The number of ether oxygens (including phenoxy) is 6. The first-order valence-corrected chi connectivity index (χ1v) is 11.2. The topological polar surface area (TPSA) is 145 Å². The molecule has 0 spiro atoms. The van der Waals surface area contributed by atoms with Crippen molar-refractivity contribution in [1.82, 2.24) is 0 Å². The summed E-state index contributed by atoms with van der Waals surface area (Å²) >= 11 is 0. The minimum Gasteiger partial charge on any atom is -0.489 e. The second kappa shape index (κ2) is 15.9. The van der Waals surface area contributed by atoms with Crippen LogP contribution in [0.4, 0.5) is 10.5 Å². The van der Waals surface area contributed by atoms with Crippen LogP contribution < -0.4 is 15.8 Å². The molecule has 1 aliphatic rings. The summed E-state index contributed by atoms with van der Waals surface area (Å²) in [5, 5.41) is 2.60. The SMILES string of the molecule is CC.COC(=O)C1C[C@H](OC(C)=O)CC(OC(=O)Nc2ccc(C)cc2OCCOCCN)O1. The number of nitrogens with one attached hydrogen (secondary N) is 1. The molecule has 2 unspecified atom stereocenters. The van der Waals surface area contributed by atoms with Crippen LogP contribution >= 0.6 is 0 Å². The summed E-state index contributed by atoms with van der Waals surface area (Å²) in [5.74, 6) is -0.726. The molecule has 11 nitrogen and oxygen atoms in total. The van der Waals surface area contributed by atoms with Gasteiger partial charge in [0.2, 0.25) is 6.29 Å². The third kappa shape index (κ3) is 10.4. The van der Waals surface area contributed by atoms with Gasteiger partial charge >= 0.3 is 18.0 Å². The van der Waals surface area contributed by atoms with E-state index in [9.17, 15) is 14.4 Å². The van der Waals surface area contributed by atoms with Crippen molar-refractivity contribution in [2.45, 2.75) is 59.0 Å². The van der Waals surface area contributed by atoms with Gasteiger partial charge in [-0.15, -0.1) is 0 Å². The number of hydrogen-bond acceptors (Lipinski definition) is 10. The second-order valence-corrected chi connectivity index (χ2v) is 7.06. The zero-order valence-corrected chi connectivity index (χ0v) is 20.5. The van der Waals surface area contributed by atoms with Gasteiger partial charge in [-0.3, -0.25) is 10.1 Å². The van der Waals surface area contributed by atoms with Gasteiger partial charge in [0, 0.05) is 26.3 Å². The molecule has 1 heterocycles. The van der Waals surface area contributed by atoms with Gasteiger partial charge in [0.05, 0.1) is 26.0 Å². The molecule has 1 aromatic rings. The predicted octanol–water partition coefficient (Wildman–Crippen LogP) is 2.53. The second-order valence-electron chi connectivity index (χ2n) is 7.06. The molecule has 34 heavy (non-hydrogen) atoms. The van der Waals surface area contributed by atoms with Crippen LogP contribution in [0, 0.1) is 6.92 Å². The molecule has 1 aromatic carbocycles. The fourth-order valence-corrected chi connectivity index (χ4v) is 3.04. The average molecular weight is 485 g/mol. The zero-order valence-electron chi connectivity index (χ0n) is 20.5. The summed E-state index contributed by atoms with van der Waals surface area (Å²) in [4.78, 5) is 35.7. The van der Waals surface area contributed by atoms with E-state index in [4.69, 9.17) is 29.4 Å². The van der Waals surface area contributed by atoms with Crippen LogP contribution in [-0.2, 0) is 33.3 Å². The van der Waals surface area contributed by atoms with Crippen molar-refractivity contribution in [2.75, 3.05) is 38.8 Å². The monoisotopic (exact) mass is 484 g/mol. The van der Waals surface area contributed by atoms with Gasteiger partial charge in [-0.2, -0.15) is 0 Å². The Morgan fingerprint density at radius 3 is 2.50 bits per heavy atom. The molecule has 0 aromatic heterocycles. The molecule has 3 atom stereocenters. The van der Waals surface area contributed by atoms with Crippen molar-refractivity contribution >= 4 is 23.7 Å². The van der Waals surface area contributed by atoms with Crippen LogP contribution in [0.15, 0.2) is 18.2 Å². The largest absolute Gasteiger partial charge is 0.489 e. The van der Waals surface area contributed by atoms with Crippen LogP contribution in [0.25, 0.3) is 0 Å². The highest BCUT2D eigenvalue weighted by Crippen LogP contribution is 2.28. The number of rotatable bonds is 10. The number of carbonyl (C=O) groups is 3. The van der Waals surface area contributed by atoms with E-state index >= 15 is 0 Å². The normalized spacial score (nSPS) is 19.2. The van der Waals surface area contributed by atoms with Crippen molar-refractivity contribution < 1.29 is 42.8 Å². The van der Waals surface area contributed by atoms with Crippen molar-refractivity contribution in [3.8, 4) is 5.75 Å². The third-order valence-electron chi connectivity index (χ3n) is 4.40. The third-order valence-corrected chi connectivity index (χ3v) is 4.40. The first kappa shape index (κ1) is 29.1. The molecule has 0 aliphatic carbocycles. The highest BCUT2D eigenvalue weighted by molar-refractivity contribution is 5.87. The number of amides is 1. The highest BCUT2D eigenvalue weighted by atomic mass is 16.7. The van der Waals surface area contributed by atoms with Crippen LogP contribution in [0.5, 0.6) is 5.75 Å². The first-order chi connectivity index (χ1) is 16.3.